The zero-order valence-corrected chi connectivity index (χ0v) is 5.67. The van der Waals surface area contributed by atoms with Crippen LogP contribution in [0.25, 0.3) is 0 Å². The van der Waals surface area contributed by atoms with Gasteiger partial charge in [0.05, 0.1) is 12.1 Å². The van der Waals surface area contributed by atoms with Gasteiger partial charge in [0.15, 0.2) is 0 Å². The zero-order valence-electron chi connectivity index (χ0n) is 5.67. The summed E-state index contributed by atoms with van der Waals surface area (Å²) in [6, 6.07) is 5.79. The average molecular weight is 130 g/mol. The molecule has 0 saturated carbocycles. The maximum Gasteiger partial charge on any atom is 0.0522 e. The van der Waals surface area contributed by atoms with E-state index in [4.69, 9.17) is 0 Å². The van der Waals surface area contributed by atoms with Crippen molar-refractivity contribution in [3.8, 4) is 11.8 Å². The Morgan fingerprint density at radius 1 is 1.50 bits per heavy atom. The third kappa shape index (κ3) is 1.91. The second-order valence-electron chi connectivity index (χ2n) is 1.85. The zero-order chi connectivity index (χ0) is 7.23. The molecule has 0 fully saturated rings. The quantitative estimate of drug-likeness (QED) is 0.524. The van der Waals surface area contributed by atoms with Crippen molar-refractivity contribution in [1.29, 1.82) is 0 Å². The standard InChI is InChI=1S/C9H8N/c1-2-3-6-9-7-4-5-8-10-9/h4-5,7-8H,1,6H2. The highest BCUT2D eigenvalue weighted by atomic mass is 14.7. The number of aromatic nitrogens is 1. The van der Waals surface area contributed by atoms with Crippen molar-refractivity contribution in [3.63, 3.8) is 0 Å². The molecule has 49 valence electrons. The van der Waals surface area contributed by atoms with Gasteiger partial charge in [0.25, 0.3) is 0 Å². The van der Waals surface area contributed by atoms with Crippen molar-refractivity contribution in [2.75, 3.05) is 0 Å². The molecule has 0 aliphatic heterocycles. The number of rotatable bonds is 1. The largest absolute Gasteiger partial charge is 0.260 e. The molecule has 0 aromatic carbocycles. The molecule has 1 aromatic rings. The minimum absolute atomic E-state index is 0.699. The number of hydrogen-bond donors (Lipinski definition) is 0. The summed E-state index contributed by atoms with van der Waals surface area (Å²) in [5.74, 6) is 5.42. The molecule has 1 heteroatoms. The first kappa shape index (κ1) is 6.82. The molecule has 1 rings (SSSR count). The summed E-state index contributed by atoms with van der Waals surface area (Å²) >= 11 is 0. The van der Waals surface area contributed by atoms with Crippen molar-refractivity contribution < 1.29 is 0 Å². The molecule has 10 heavy (non-hydrogen) atoms. The highest BCUT2D eigenvalue weighted by molar-refractivity contribution is 5.13. The van der Waals surface area contributed by atoms with Gasteiger partial charge >= 0.3 is 0 Å². The van der Waals surface area contributed by atoms with Crippen molar-refractivity contribution in [2.45, 2.75) is 6.42 Å². The van der Waals surface area contributed by atoms with Crippen molar-refractivity contribution in [1.82, 2.24) is 4.98 Å². The summed E-state index contributed by atoms with van der Waals surface area (Å²) in [6.45, 7) is 3.41. The van der Waals surface area contributed by atoms with E-state index in [1.165, 1.54) is 0 Å². The van der Waals surface area contributed by atoms with Crippen molar-refractivity contribution in [2.24, 2.45) is 0 Å². The van der Waals surface area contributed by atoms with Gasteiger partial charge in [-0.1, -0.05) is 12.0 Å². The fraction of sp³-hybridized carbons (Fsp3) is 0.111. The normalized spacial score (nSPS) is 8.10. The lowest BCUT2D eigenvalue weighted by atomic mass is 10.3. The van der Waals surface area contributed by atoms with E-state index in [2.05, 4.69) is 23.7 Å². The van der Waals surface area contributed by atoms with Gasteiger partial charge in [-0.15, -0.1) is 5.92 Å². The fourth-order valence-electron chi connectivity index (χ4n) is 0.656. The van der Waals surface area contributed by atoms with E-state index in [0.717, 1.165) is 5.69 Å². The molecule has 1 aromatic heterocycles. The smallest absolute Gasteiger partial charge is 0.0522 e. The molecule has 0 amide bonds. The molecule has 1 nitrogen and oxygen atoms in total. The Hall–Kier alpha value is -1.29. The van der Waals surface area contributed by atoms with Crippen LogP contribution in [0.2, 0.25) is 0 Å². The van der Waals surface area contributed by atoms with Crippen LogP contribution in [0, 0.1) is 18.8 Å². The molecule has 0 spiro atoms. The SMILES string of the molecule is [CH2]C#CCc1ccccn1. The second-order valence-corrected chi connectivity index (χ2v) is 1.85. The minimum atomic E-state index is 0.699. The van der Waals surface area contributed by atoms with E-state index >= 15 is 0 Å². The van der Waals surface area contributed by atoms with Gasteiger partial charge in [-0.3, -0.25) is 4.98 Å². The monoisotopic (exact) mass is 130 g/mol. The molecule has 1 radical (unpaired) electrons. The molecule has 0 aliphatic rings. The Morgan fingerprint density at radius 3 is 3.00 bits per heavy atom. The van der Waals surface area contributed by atoms with E-state index < -0.39 is 0 Å². The third-order valence-corrected chi connectivity index (χ3v) is 1.12. The fourth-order valence-corrected chi connectivity index (χ4v) is 0.656. The molecule has 1 heterocycles. The molecule has 0 saturated heterocycles. The lowest BCUT2D eigenvalue weighted by Gasteiger charge is -1.89. The van der Waals surface area contributed by atoms with Gasteiger partial charge in [-0.25, -0.2) is 0 Å². The lowest BCUT2D eigenvalue weighted by Crippen LogP contribution is -1.83. The van der Waals surface area contributed by atoms with E-state index in [-0.39, 0.29) is 0 Å². The Labute approximate surface area is 61.1 Å². The molecular weight excluding hydrogens is 122 g/mol. The van der Waals surface area contributed by atoms with E-state index in [0.29, 0.717) is 6.42 Å². The van der Waals surface area contributed by atoms with Crippen molar-refractivity contribution in [3.05, 3.63) is 37.0 Å². The van der Waals surface area contributed by atoms with Crippen LogP contribution in [-0.2, 0) is 6.42 Å². The molecule has 0 aliphatic carbocycles. The third-order valence-electron chi connectivity index (χ3n) is 1.12. The maximum absolute atomic E-state index is 4.09. The number of nitrogens with zero attached hydrogens (tertiary/aromatic N) is 1. The highest BCUT2D eigenvalue weighted by Crippen LogP contribution is 1.91. The van der Waals surface area contributed by atoms with Crippen LogP contribution < -0.4 is 0 Å². The van der Waals surface area contributed by atoms with E-state index in [1.807, 2.05) is 18.2 Å². The summed E-state index contributed by atoms with van der Waals surface area (Å²) in [5.41, 5.74) is 0.999. The molecule has 0 unspecified atom stereocenters. The first-order valence-corrected chi connectivity index (χ1v) is 3.08. The van der Waals surface area contributed by atoms with Gasteiger partial charge in [0, 0.05) is 13.1 Å². The predicted octanol–water partition coefficient (Wildman–Crippen LogP) is 1.46. The maximum atomic E-state index is 4.09. The van der Waals surface area contributed by atoms with Crippen LogP contribution in [0.4, 0.5) is 0 Å². The van der Waals surface area contributed by atoms with Crippen LogP contribution in [0.5, 0.6) is 0 Å². The molecule has 0 bridgehead atoms. The Morgan fingerprint density at radius 2 is 2.40 bits per heavy atom. The van der Waals surface area contributed by atoms with E-state index in [1.54, 1.807) is 6.20 Å². The summed E-state index contributed by atoms with van der Waals surface area (Å²) in [4.78, 5) is 4.09. The number of hydrogen-bond acceptors (Lipinski definition) is 1. The minimum Gasteiger partial charge on any atom is -0.260 e. The van der Waals surface area contributed by atoms with Gasteiger partial charge in [0.2, 0.25) is 0 Å². The average Bonchev–Trinajstić information content (AvgIpc) is 2.03. The summed E-state index contributed by atoms with van der Waals surface area (Å²) in [7, 11) is 0. The first-order valence-electron chi connectivity index (χ1n) is 3.08. The summed E-state index contributed by atoms with van der Waals surface area (Å²) < 4.78 is 0. The predicted molar refractivity (Wildman–Crippen MR) is 41.1 cm³/mol. The van der Waals surface area contributed by atoms with Gasteiger partial charge < -0.3 is 0 Å². The van der Waals surface area contributed by atoms with Crippen LogP contribution in [0.15, 0.2) is 24.4 Å². The van der Waals surface area contributed by atoms with Gasteiger partial charge in [-0.05, 0) is 12.1 Å². The first-order chi connectivity index (χ1) is 4.93. The van der Waals surface area contributed by atoms with E-state index in [9.17, 15) is 0 Å². The van der Waals surface area contributed by atoms with Gasteiger partial charge in [-0.2, -0.15) is 0 Å². The molecule has 0 N–H and O–H groups in total. The topological polar surface area (TPSA) is 12.9 Å². The molecular formula is C9H8N. The Kier molecular flexibility index (Phi) is 2.51. The van der Waals surface area contributed by atoms with Gasteiger partial charge in [0.1, 0.15) is 0 Å². The highest BCUT2D eigenvalue weighted by Gasteiger charge is 1.84. The molecule has 0 atom stereocenters. The summed E-state index contributed by atoms with van der Waals surface area (Å²) in [6.07, 6.45) is 2.46. The van der Waals surface area contributed by atoms with Crippen LogP contribution in [0.3, 0.4) is 0 Å². The van der Waals surface area contributed by atoms with Crippen molar-refractivity contribution >= 4 is 0 Å². The Bertz CT molecular complexity index is 240. The Balaban J connectivity index is 2.64. The lowest BCUT2D eigenvalue weighted by molar-refractivity contribution is 1.13. The van der Waals surface area contributed by atoms with Crippen LogP contribution in [0.1, 0.15) is 5.69 Å². The van der Waals surface area contributed by atoms with Crippen LogP contribution >= 0.6 is 0 Å². The van der Waals surface area contributed by atoms with Crippen LogP contribution in [-0.4, -0.2) is 4.98 Å². The second kappa shape index (κ2) is 3.68. The summed E-state index contributed by atoms with van der Waals surface area (Å²) in [5, 5.41) is 0. The number of pyridine rings is 1.